The van der Waals surface area contributed by atoms with Crippen molar-refractivity contribution >= 4 is 34.1 Å². The van der Waals surface area contributed by atoms with Crippen LogP contribution in [0.1, 0.15) is 10.5 Å². The molecule has 0 radical (unpaired) electrons. The van der Waals surface area contributed by atoms with E-state index in [0.29, 0.717) is 11.1 Å². The lowest BCUT2D eigenvalue weighted by atomic mass is 10.1. The third-order valence-corrected chi connectivity index (χ3v) is 5.19. The molecule has 27 heavy (non-hydrogen) atoms. The Morgan fingerprint density at radius 1 is 0.852 bits per heavy atom. The lowest BCUT2D eigenvalue weighted by molar-refractivity contribution is 0.102. The Balaban J connectivity index is 1.63. The summed E-state index contributed by atoms with van der Waals surface area (Å²) in [6, 6.07) is 26.4. The van der Waals surface area contributed by atoms with Crippen molar-refractivity contribution in [1.82, 2.24) is 4.98 Å². The molecular formula is C22H16N2O2S. The average Bonchev–Trinajstić information content (AvgIpc) is 2.70. The van der Waals surface area contributed by atoms with Crippen LogP contribution >= 0.6 is 11.8 Å². The number of pyridine rings is 1. The molecule has 2 N–H and O–H groups in total. The summed E-state index contributed by atoms with van der Waals surface area (Å²) >= 11 is 1.57. The molecule has 1 amide bonds. The summed E-state index contributed by atoms with van der Waals surface area (Å²) in [5, 5.41) is 4.21. The number of nitrogens with one attached hydrogen (secondary N) is 2. The number of H-pyrrole nitrogens is 1. The van der Waals surface area contributed by atoms with E-state index in [1.54, 1.807) is 30.0 Å². The van der Waals surface area contributed by atoms with Crippen molar-refractivity contribution in [3.63, 3.8) is 0 Å². The minimum Gasteiger partial charge on any atom is -0.320 e. The Labute approximate surface area is 160 Å². The third-order valence-electron chi connectivity index (χ3n) is 4.10. The number of carbonyl (C=O) groups is 1. The standard InChI is InChI=1S/C22H16N2O2S/c25-21-17-11-5-4-8-15(17)14-19(24-21)22(26)23-18-12-6-7-13-20(18)27-16-9-2-1-3-10-16/h1-14H,(H,23,26)(H,24,25). The van der Waals surface area contributed by atoms with Gasteiger partial charge in [-0.1, -0.05) is 60.3 Å². The quantitative estimate of drug-likeness (QED) is 0.534. The van der Waals surface area contributed by atoms with E-state index < -0.39 is 0 Å². The number of rotatable bonds is 4. The fraction of sp³-hybridized carbons (Fsp3) is 0. The largest absolute Gasteiger partial charge is 0.320 e. The van der Waals surface area contributed by atoms with Gasteiger partial charge in [-0.3, -0.25) is 9.59 Å². The van der Waals surface area contributed by atoms with E-state index >= 15 is 0 Å². The van der Waals surface area contributed by atoms with Crippen molar-refractivity contribution in [3.8, 4) is 0 Å². The van der Waals surface area contributed by atoms with Crippen molar-refractivity contribution in [2.75, 3.05) is 5.32 Å². The zero-order valence-corrected chi connectivity index (χ0v) is 15.1. The number of carbonyl (C=O) groups excluding carboxylic acids is 1. The van der Waals surface area contributed by atoms with Crippen LogP contribution in [0.15, 0.2) is 99.5 Å². The lowest BCUT2D eigenvalue weighted by Crippen LogP contribution is -2.19. The molecule has 0 aliphatic rings. The number of hydrogen-bond donors (Lipinski definition) is 2. The summed E-state index contributed by atoms with van der Waals surface area (Å²) in [5.41, 5.74) is 0.661. The molecule has 0 saturated heterocycles. The van der Waals surface area contributed by atoms with E-state index in [4.69, 9.17) is 0 Å². The molecule has 3 aromatic carbocycles. The number of hydrogen-bond acceptors (Lipinski definition) is 3. The van der Waals surface area contributed by atoms with Gasteiger partial charge >= 0.3 is 0 Å². The number of amides is 1. The number of aromatic amines is 1. The SMILES string of the molecule is O=C(Nc1ccccc1Sc1ccccc1)c1cc2ccccc2c(=O)[nH]1. The summed E-state index contributed by atoms with van der Waals surface area (Å²) in [6.45, 7) is 0. The highest BCUT2D eigenvalue weighted by atomic mass is 32.2. The second-order valence-corrected chi connectivity index (χ2v) is 7.08. The van der Waals surface area contributed by atoms with E-state index in [9.17, 15) is 9.59 Å². The molecule has 5 heteroatoms. The highest BCUT2D eigenvalue weighted by Crippen LogP contribution is 2.33. The Bertz CT molecular complexity index is 1170. The molecule has 0 saturated carbocycles. The molecule has 4 aromatic rings. The Hall–Kier alpha value is -3.31. The maximum Gasteiger partial charge on any atom is 0.272 e. The van der Waals surface area contributed by atoms with E-state index in [1.165, 1.54) is 0 Å². The highest BCUT2D eigenvalue weighted by Gasteiger charge is 2.12. The molecule has 1 heterocycles. The second-order valence-electron chi connectivity index (χ2n) is 5.96. The highest BCUT2D eigenvalue weighted by molar-refractivity contribution is 7.99. The summed E-state index contributed by atoms with van der Waals surface area (Å²) in [5.74, 6) is -0.348. The molecule has 1 aromatic heterocycles. The van der Waals surface area contributed by atoms with Crippen LogP contribution in [0.4, 0.5) is 5.69 Å². The zero-order chi connectivity index (χ0) is 18.6. The van der Waals surface area contributed by atoms with E-state index in [0.717, 1.165) is 15.2 Å². The van der Waals surface area contributed by atoms with Gasteiger partial charge in [0, 0.05) is 15.2 Å². The number of fused-ring (bicyclic) bond motifs is 1. The molecular weight excluding hydrogens is 356 g/mol. The first-order chi connectivity index (χ1) is 13.2. The molecule has 0 unspecified atom stereocenters. The molecule has 0 atom stereocenters. The molecule has 132 valence electrons. The first-order valence-corrected chi connectivity index (χ1v) is 9.28. The Morgan fingerprint density at radius 3 is 2.41 bits per heavy atom. The molecule has 4 nitrogen and oxygen atoms in total. The minimum atomic E-state index is -0.348. The van der Waals surface area contributed by atoms with Crippen LogP contribution in [0, 0.1) is 0 Å². The Kier molecular flexibility index (Phi) is 4.77. The molecule has 0 spiro atoms. The predicted molar refractivity (Wildman–Crippen MR) is 110 cm³/mol. The summed E-state index contributed by atoms with van der Waals surface area (Å²) < 4.78 is 0. The van der Waals surface area contributed by atoms with Crippen molar-refractivity contribution in [2.45, 2.75) is 9.79 Å². The van der Waals surface area contributed by atoms with Crippen molar-refractivity contribution in [3.05, 3.63) is 101 Å². The van der Waals surface area contributed by atoms with E-state index in [1.807, 2.05) is 66.7 Å². The molecule has 0 aliphatic heterocycles. The number of para-hydroxylation sites is 1. The molecule has 0 aliphatic carbocycles. The topological polar surface area (TPSA) is 62.0 Å². The lowest BCUT2D eigenvalue weighted by Gasteiger charge is -2.11. The van der Waals surface area contributed by atoms with Gasteiger partial charge in [0.2, 0.25) is 0 Å². The van der Waals surface area contributed by atoms with Gasteiger partial charge in [0.25, 0.3) is 11.5 Å². The number of anilines is 1. The summed E-state index contributed by atoms with van der Waals surface area (Å²) in [6.07, 6.45) is 0. The average molecular weight is 372 g/mol. The number of benzene rings is 3. The summed E-state index contributed by atoms with van der Waals surface area (Å²) in [4.78, 5) is 29.6. The van der Waals surface area contributed by atoms with Gasteiger partial charge < -0.3 is 10.3 Å². The maximum atomic E-state index is 12.7. The van der Waals surface area contributed by atoms with Crippen LogP contribution in [-0.2, 0) is 0 Å². The zero-order valence-electron chi connectivity index (χ0n) is 14.3. The van der Waals surface area contributed by atoms with Gasteiger partial charge in [0.15, 0.2) is 0 Å². The molecule has 4 rings (SSSR count). The first kappa shape index (κ1) is 17.1. The van der Waals surface area contributed by atoms with E-state index in [2.05, 4.69) is 10.3 Å². The van der Waals surface area contributed by atoms with Crippen molar-refractivity contribution < 1.29 is 4.79 Å². The van der Waals surface area contributed by atoms with Crippen molar-refractivity contribution in [2.24, 2.45) is 0 Å². The second kappa shape index (κ2) is 7.51. The van der Waals surface area contributed by atoms with Crippen LogP contribution in [-0.4, -0.2) is 10.9 Å². The smallest absolute Gasteiger partial charge is 0.272 e. The fourth-order valence-electron chi connectivity index (χ4n) is 2.80. The van der Waals surface area contributed by atoms with Gasteiger partial charge in [-0.05, 0) is 41.8 Å². The number of aromatic nitrogens is 1. The van der Waals surface area contributed by atoms with Gasteiger partial charge in [-0.2, -0.15) is 0 Å². The van der Waals surface area contributed by atoms with Gasteiger partial charge in [0.1, 0.15) is 5.69 Å². The van der Waals surface area contributed by atoms with Gasteiger partial charge in [-0.25, -0.2) is 0 Å². The first-order valence-electron chi connectivity index (χ1n) is 8.46. The normalized spacial score (nSPS) is 10.7. The summed E-state index contributed by atoms with van der Waals surface area (Å²) in [7, 11) is 0. The Morgan fingerprint density at radius 2 is 1.56 bits per heavy atom. The fourth-order valence-corrected chi connectivity index (χ4v) is 3.72. The van der Waals surface area contributed by atoms with Gasteiger partial charge in [0.05, 0.1) is 5.69 Å². The van der Waals surface area contributed by atoms with Crippen LogP contribution in [0.3, 0.4) is 0 Å². The maximum absolute atomic E-state index is 12.7. The van der Waals surface area contributed by atoms with E-state index in [-0.39, 0.29) is 17.2 Å². The minimum absolute atomic E-state index is 0.234. The van der Waals surface area contributed by atoms with Gasteiger partial charge in [-0.15, -0.1) is 0 Å². The monoisotopic (exact) mass is 372 g/mol. The molecule has 0 fully saturated rings. The molecule has 0 bridgehead atoms. The van der Waals surface area contributed by atoms with Crippen LogP contribution in [0.25, 0.3) is 10.8 Å². The van der Waals surface area contributed by atoms with Crippen LogP contribution in [0.2, 0.25) is 0 Å². The van der Waals surface area contributed by atoms with Crippen LogP contribution in [0.5, 0.6) is 0 Å². The predicted octanol–water partition coefficient (Wildman–Crippen LogP) is 4.93. The van der Waals surface area contributed by atoms with Crippen LogP contribution < -0.4 is 10.9 Å². The third kappa shape index (κ3) is 3.78. The van der Waals surface area contributed by atoms with Crippen molar-refractivity contribution in [1.29, 1.82) is 0 Å².